The summed E-state index contributed by atoms with van der Waals surface area (Å²) in [7, 11) is 1.69. The highest BCUT2D eigenvalue weighted by Gasteiger charge is 2.20. The largest absolute Gasteiger partial charge is 0.379 e. The zero-order chi connectivity index (χ0) is 22.9. The van der Waals surface area contributed by atoms with Crippen LogP contribution in [0.5, 0.6) is 0 Å². The van der Waals surface area contributed by atoms with Crippen molar-refractivity contribution in [3.63, 3.8) is 0 Å². The lowest BCUT2D eigenvalue weighted by molar-refractivity contribution is 0.0364. The monoisotopic (exact) mass is 450 g/mol. The Hall–Kier alpha value is -3.17. The van der Waals surface area contributed by atoms with Crippen molar-refractivity contribution in [2.45, 2.75) is 32.9 Å². The Morgan fingerprint density at radius 2 is 1.76 bits per heavy atom. The molecule has 0 aliphatic carbocycles. The van der Waals surface area contributed by atoms with Crippen molar-refractivity contribution in [1.29, 1.82) is 0 Å². The van der Waals surface area contributed by atoms with Gasteiger partial charge in [-0.15, -0.1) is 0 Å². The number of rotatable bonds is 7. The van der Waals surface area contributed by atoms with E-state index in [-0.39, 0.29) is 11.2 Å². The molecule has 1 aliphatic heterocycles. The summed E-state index contributed by atoms with van der Waals surface area (Å²) in [6.45, 7) is 7.44. The van der Waals surface area contributed by atoms with Gasteiger partial charge in [0, 0.05) is 51.7 Å². The molecule has 0 saturated carbocycles. The summed E-state index contributed by atoms with van der Waals surface area (Å²) in [4.78, 5) is 33.5. The van der Waals surface area contributed by atoms with Gasteiger partial charge in [0.05, 0.1) is 13.2 Å². The average Bonchev–Trinajstić information content (AvgIpc) is 3.34. The third-order valence-corrected chi connectivity index (χ3v) is 6.57. The number of imidazole rings is 2. The van der Waals surface area contributed by atoms with E-state index in [0.717, 1.165) is 51.5 Å². The maximum atomic E-state index is 13.4. The lowest BCUT2D eigenvalue weighted by atomic mass is 10.1. The molecule has 1 saturated heterocycles. The first-order valence-electron chi connectivity index (χ1n) is 11.6. The number of hydrogen-bond acceptors (Lipinski definition) is 5. The van der Waals surface area contributed by atoms with Crippen LogP contribution in [0.2, 0.25) is 0 Å². The summed E-state index contributed by atoms with van der Waals surface area (Å²) in [5.41, 5.74) is 2.52. The topological polar surface area (TPSA) is 78.7 Å². The molecule has 1 aromatic carbocycles. The van der Waals surface area contributed by atoms with Gasteiger partial charge in [0.25, 0.3) is 5.56 Å². The van der Waals surface area contributed by atoms with Crippen LogP contribution >= 0.6 is 0 Å². The molecular formula is C24H30N6O3. The molecule has 0 atom stereocenters. The van der Waals surface area contributed by atoms with Gasteiger partial charge < -0.3 is 9.30 Å². The van der Waals surface area contributed by atoms with Crippen molar-refractivity contribution in [3.05, 3.63) is 68.6 Å². The van der Waals surface area contributed by atoms with E-state index in [1.54, 1.807) is 7.05 Å². The summed E-state index contributed by atoms with van der Waals surface area (Å²) in [5, 5.41) is 0. The molecule has 4 aromatic rings. The molecule has 0 spiro atoms. The highest BCUT2D eigenvalue weighted by Crippen LogP contribution is 2.16. The highest BCUT2D eigenvalue weighted by molar-refractivity contribution is 5.75. The van der Waals surface area contributed by atoms with Gasteiger partial charge in [-0.25, -0.2) is 4.79 Å². The van der Waals surface area contributed by atoms with E-state index in [1.165, 1.54) is 14.7 Å². The Balaban J connectivity index is 1.47. The van der Waals surface area contributed by atoms with E-state index < -0.39 is 0 Å². The maximum absolute atomic E-state index is 13.4. The number of morpholine rings is 1. The van der Waals surface area contributed by atoms with Crippen molar-refractivity contribution < 1.29 is 4.74 Å². The summed E-state index contributed by atoms with van der Waals surface area (Å²) in [6.07, 6.45) is 3.48. The van der Waals surface area contributed by atoms with Crippen LogP contribution in [0.4, 0.5) is 0 Å². The quantitative estimate of drug-likeness (QED) is 0.426. The second kappa shape index (κ2) is 8.99. The molecule has 3 aromatic heterocycles. The van der Waals surface area contributed by atoms with Crippen molar-refractivity contribution in [2.24, 2.45) is 7.05 Å². The molecule has 1 aliphatic rings. The minimum atomic E-state index is -0.321. The Morgan fingerprint density at radius 1 is 1.00 bits per heavy atom. The second-order valence-electron chi connectivity index (χ2n) is 8.72. The van der Waals surface area contributed by atoms with Gasteiger partial charge in [-0.2, -0.15) is 4.98 Å². The lowest BCUT2D eigenvalue weighted by Gasteiger charge is -2.26. The smallest absolute Gasteiger partial charge is 0.332 e. The van der Waals surface area contributed by atoms with Crippen LogP contribution in [0.1, 0.15) is 17.7 Å². The molecule has 0 N–H and O–H groups in total. The maximum Gasteiger partial charge on any atom is 0.332 e. The van der Waals surface area contributed by atoms with Crippen molar-refractivity contribution >= 4 is 16.9 Å². The zero-order valence-electron chi connectivity index (χ0n) is 19.2. The molecule has 33 heavy (non-hydrogen) atoms. The fourth-order valence-electron chi connectivity index (χ4n) is 4.68. The van der Waals surface area contributed by atoms with Crippen molar-refractivity contribution in [3.8, 4) is 0 Å². The predicted octanol–water partition coefficient (Wildman–Crippen LogP) is 1.42. The first-order valence-corrected chi connectivity index (χ1v) is 11.6. The van der Waals surface area contributed by atoms with Gasteiger partial charge >= 0.3 is 5.69 Å². The number of nitrogens with zero attached hydrogens (tertiary/aromatic N) is 6. The third kappa shape index (κ3) is 4.02. The minimum absolute atomic E-state index is 0.279. The highest BCUT2D eigenvalue weighted by atomic mass is 16.5. The van der Waals surface area contributed by atoms with Crippen molar-refractivity contribution in [2.75, 3.05) is 32.8 Å². The Kier molecular flexibility index (Phi) is 5.90. The predicted molar refractivity (Wildman–Crippen MR) is 127 cm³/mol. The fraction of sp³-hybridized carbons (Fsp3) is 0.458. The van der Waals surface area contributed by atoms with Crippen LogP contribution in [-0.2, 0) is 31.3 Å². The van der Waals surface area contributed by atoms with Crippen LogP contribution in [0.3, 0.4) is 0 Å². The standard InChI is InChI=1S/C24H30N6O3/c1-18-17-30-20-21(25-23(30)28(18)12-11-27-13-15-33-16-14-27)26(2)24(32)29(22(20)31)10-6-9-19-7-4-3-5-8-19/h3-5,7-8,17H,6,9-16H2,1-2H3. The van der Waals surface area contributed by atoms with Gasteiger partial charge in [0.1, 0.15) is 0 Å². The molecule has 0 bridgehead atoms. The molecular weight excluding hydrogens is 420 g/mol. The summed E-state index contributed by atoms with van der Waals surface area (Å²) in [6, 6.07) is 10.1. The zero-order valence-corrected chi connectivity index (χ0v) is 19.2. The number of aromatic nitrogens is 5. The molecule has 4 heterocycles. The van der Waals surface area contributed by atoms with E-state index in [9.17, 15) is 9.59 Å². The number of aryl methyl sites for hydroxylation is 3. The minimum Gasteiger partial charge on any atom is -0.379 e. The van der Waals surface area contributed by atoms with Crippen LogP contribution in [0, 0.1) is 6.92 Å². The number of hydrogen-bond donors (Lipinski definition) is 0. The Morgan fingerprint density at radius 3 is 2.52 bits per heavy atom. The number of benzene rings is 1. The SMILES string of the molecule is Cc1cn2c3c(=O)n(CCCc4ccccc4)c(=O)n(C)c3nc2n1CCN1CCOCC1. The number of fused-ring (bicyclic) bond motifs is 3. The molecule has 1 fully saturated rings. The Labute approximate surface area is 191 Å². The number of ether oxygens (including phenoxy) is 1. The molecule has 0 unspecified atom stereocenters. The van der Waals surface area contributed by atoms with E-state index >= 15 is 0 Å². The Bertz CT molecular complexity index is 1390. The van der Waals surface area contributed by atoms with E-state index in [1.807, 2.05) is 35.7 Å². The second-order valence-corrected chi connectivity index (χ2v) is 8.72. The normalized spacial score (nSPS) is 15.1. The summed E-state index contributed by atoms with van der Waals surface area (Å²) < 4.78 is 12.2. The lowest BCUT2D eigenvalue weighted by Crippen LogP contribution is -2.39. The summed E-state index contributed by atoms with van der Waals surface area (Å²) >= 11 is 0. The molecule has 174 valence electrons. The van der Waals surface area contributed by atoms with Crippen LogP contribution in [0.25, 0.3) is 16.9 Å². The van der Waals surface area contributed by atoms with Crippen molar-refractivity contribution in [1.82, 2.24) is 28.0 Å². The van der Waals surface area contributed by atoms with E-state index in [4.69, 9.17) is 9.72 Å². The van der Waals surface area contributed by atoms with E-state index in [2.05, 4.69) is 21.6 Å². The fourth-order valence-corrected chi connectivity index (χ4v) is 4.68. The first-order chi connectivity index (χ1) is 16.0. The van der Waals surface area contributed by atoms with E-state index in [0.29, 0.717) is 29.9 Å². The molecule has 0 radical (unpaired) electrons. The summed E-state index contributed by atoms with van der Waals surface area (Å²) in [5.74, 6) is 0.699. The van der Waals surface area contributed by atoms with Gasteiger partial charge in [-0.1, -0.05) is 30.3 Å². The third-order valence-electron chi connectivity index (χ3n) is 6.57. The van der Waals surface area contributed by atoms with Crippen LogP contribution < -0.4 is 11.2 Å². The van der Waals surface area contributed by atoms with Gasteiger partial charge in [-0.05, 0) is 25.3 Å². The van der Waals surface area contributed by atoms with Gasteiger partial charge in [-0.3, -0.25) is 23.2 Å². The van der Waals surface area contributed by atoms with Crippen LogP contribution in [-0.4, -0.2) is 60.8 Å². The van der Waals surface area contributed by atoms with Gasteiger partial charge in [0.15, 0.2) is 11.2 Å². The molecule has 9 heteroatoms. The molecule has 5 rings (SSSR count). The van der Waals surface area contributed by atoms with Gasteiger partial charge in [0.2, 0.25) is 5.78 Å². The first kappa shape index (κ1) is 21.7. The molecule has 0 amide bonds. The van der Waals surface area contributed by atoms with Crippen LogP contribution in [0.15, 0.2) is 46.1 Å². The molecule has 9 nitrogen and oxygen atoms in total. The average molecular weight is 451 g/mol.